The molecule has 178 valence electrons. The molecule has 0 saturated carbocycles. The fourth-order valence-electron chi connectivity index (χ4n) is 4.34. The molecule has 0 spiro atoms. The maximum atomic E-state index is 12.9. The summed E-state index contributed by atoms with van der Waals surface area (Å²) in [6, 6.07) is 5.42. The Balaban J connectivity index is 1.65. The van der Waals surface area contributed by atoms with Crippen LogP contribution in [0, 0.1) is 5.92 Å². The predicted molar refractivity (Wildman–Crippen MR) is 125 cm³/mol. The number of benzene rings is 1. The van der Waals surface area contributed by atoms with Gasteiger partial charge in [0.05, 0.1) is 43.4 Å². The molecule has 2 N–H and O–H groups in total. The van der Waals surface area contributed by atoms with Gasteiger partial charge in [0.25, 0.3) is 0 Å². The summed E-state index contributed by atoms with van der Waals surface area (Å²) in [5.74, 6) is 0.464. The number of hydrogen-bond donors (Lipinski definition) is 2. The second-order valence-corrected chi connectivity index (χ2v) is 8.84. The van der Waals surface area contributed by atoms with Crippen LogP contribution in [0.4, 0.5) is 21.0 Å². The molecule has 0 aliphatic carbocycles. The molecule has 4 rings (SSSR count). The number of carbonyl (C=O) groups excluding carboxylic acids is 2. The van der Waals surface area contributed by atoms with Crippen LogP contribution in [0.2, 0.25) is 0 Å². The predicted octanol–water partition coefficient (Wildman–Crippen LogP) is 2.64. The van der Waals surface area contributed by atoms with Crippen molar-refractivity contribution in [2.45, 2.75) is 39.5 Å². The van der Waals surface area contributed by atoms with Crippen LogP contribution in [0.25, 0.3) is 11.1 Å². The molecule has 2 amide bonds. The lowest BCUT2D eigenvalue weighted by Crippen LogP contribution is -2.52. The minimum Gasteiger partial charge on any atom is -0.452 e. The van der Waals surface area contributed by atoms with Crippen molar-refractivity contribution in [2.24, 2.45) is 5.92 Å². The average Bonchev–Trinajstić information content (AvgIpc) is 3.26. The van der Waals surface area contributed by atoms with E-state index in [9.17, 15) is 9.59 Å². The topological polar surface area (TPSA) is 101 Å². The molecule has 1 unspecified atom stereocenters. The fourth-order valence-corrected chi connectivity index (χ4v) is 4.34. The summed E-state index contributed by atoms with van der Waals surface area (Å²) in [4.78, 5) is 28.5. The third-order valence-corrected chi connectivity index (χ3v) is 5.87. The SMILES string of the molecule is COC(=O)N1c2ccc(-c3cnn(CC4CNCNC4)c3)cc2N(C(=O)OC(C)C)CC1C. The molecular weight excluding hydrogens is 424 g/mol. The van der Waals surface area contributed by atoms with Gasteiger partial charge >= 0.3 is 12.2 Å². The van der Waals surface area contributed by atoms with Crippen LogP contribution in [0.15, 0.2) is 30.6 Å². The van der Waals surface area contributed by atoms with Gasteiger partial charge in [-0.25, -0.2) is 9.59 Å². The van der Waals surface area contributed by atoms with E-state index in [-0.39, 0.29) is 12.1 Å². The van der Waals surface area contributed by atoms with E-state index in [1.54, 1.807) is 9.80 Å². The van der Waals surface area contributed by atoms with Crippen molar-refractivity contribution in [3.05, 3.63) is 30.6 Å². The third-order valence-electron chi connectivity index (χ3n) is 5.87. The molecule has 33 heavy (non-hydrogen) atoms. The van der Waals surface area contributed by atoms with E-state index in [1.165, 1.54) is 7.11 Å². The number of aromatic nitrogens is 2. The highest BCUT2D eigenvalue weighted by molar-refractivity contribution is 6.01. The zero-order chi connectivity index (χ0) is 23.5. The summed E-state index contributed by atoms with van der Waals surface area (Å²) in [6.45, 7) is 9.37. The minimum absolute atomic E-state index is 0.250. The molecule has 0 radical (unpaired) electrons. The lowest BCUT2D eigenvalue weighted by molar-refractivity contribution is 0.121. The molecule has 2 aromatic rings. The number of nitrogens with one attached hydrogen (secondary N) is 2. The Morgan fingerprint density at radius 2 is 1.91 bits per heavy atom. The van der Waals surface area contributed by atoms with Gasteiger partial charge in [0, 0.05) is 44.0 Å². The summed E-state index contributed by atoms with van der Waals surface area (Å²) >= 11 is 0. The van der Waals surface area contributed by atoms with Crippen LogP contribution >= 0.6 is 0 Å². The van der Waals surface area contributed by atoms with Gasteiger partial charge < -0.3 is 20.1 Å². The van der Waals surface area contributed by atoms with Gasteiger partial charge in [-0.05, 0) is 38.5 Å². The zero-order valence-electron chi connectivity index (χ0n) is 19.6. The maximum absolute atomic E-state index is 12.9. The Labute approximate surface area is 193 Å². The number of fused-ring (bicyclic) bond motifs is 1. The van der Waals surface area contributed by atoms with E-state index in [2.05, 4.69) is 15.7 Å². The highest BCUT2D eigenvalue weighted by atomic mass is 16.6. The quantitative estimate of drug-likeness (QED) is 0.729. The lowest BCUT2D eigenvalue weighted by atomic mass is 10.0. The second-order valence-electron chi connectivity index (χ2n) is 8.84. The molecule has 1 saturated heterocycles. The Morgan fingerprint density at radius 3 is 2.61 bits per heavy atom. The van der Waals surface area contributed by atoms with Crippen LogP contribution in [0.5, 0.6) is 0 Å². The summed E-state index contributed by atoms with van der Waals surface area (Å²) < 4.78 is 12.4. The van der Waals surface area contributed by atoms with Crippen molar-refractivity contribution in [1.82, 2.24) is 20.4 Å². The summed E-state index contributed by atoms with van der Waals surface area (Å²) in [5, 5.41) is 11.2. The zero-order valence-corrected chi connectivity index (χ0v) is 19.6. The minimum atomic E-state index is -0.462. The first-order valence-electron chi connectivity index (χ1n) is 11.3. The molecule has 2 aliphatic rings. The standard InChI is InChI=1S/C23H32N6O4/c1-15(2)33-22(30)28-11-16(3)29(23(31)32-4)20-6-5-18(7-21(20)28)19-10-26-27(13-19)12-17-8-24-14-25-9-17/h5-7,10,13,15-17,24-25H,8-9,11-12,14H2,1-4H3. The van der Waals surface area contributed by atoms with Crippen LogP contribution in [0.1, 0.15) is 20.8 Å². The van der Waals surface area contributed by atoms with Crippen molar-refractivity contribution in [3.8, 4) is 11.1 Å². The van der Waals surface area contributed by atoms with E-state index in [0.717, 1.165) is 37.4 Å². The second kappa shape index (κ2) is 9.80. The van der Waals surface area contributed by atoms with Crippen molar-refractivity contribution < 1.29 is 19.1 Å². The van der Waals surface area contributed by atoms with Gasteiger partial charge in [0.1, 0.15) is 0 Å². The largest absolute Gasteiger partial charge is 0.452 e. The molecule has 1 fully saturated rings. The van der Waals surface area contributed by atoms with Crippen LogP contribution in [0.3, 0.4) is 0 Å². The van der Waals surface area contributed by atoms with Crippen LogP contribution < -0.4 is 20.4 Å². The maximum Gasteiger partial charge on any atom is 0.414 e. The van der Waals surface area contributed by atoms with Gasteiger partial charge in [-0.1, -0.05) is 6.07 Å². The molecule has 1 atom stereocenters. The van der Waals surface area contributed by atoms with E-state index < -0.39 is 12.2 Å². The molecule has 0 bridgehead atoms. The van der Waals surface area contributed by atoms with Crippen molar-refractivity contribution in [1.29, 1.82) is 0 Å². The number of hydrogen-bond acceptors (Lipinski definition) is 7. The first-order chi connectivity index (χ1) is 15.9. The Kier molecular flexibility index (Phi) is 6.85. The highest BCUT2D eigenvalue weighted by Crippen LogP contribution is 2.39. The number of anilines is 2. The van der Waals surface area contributed by atoms with E-state index in [4.69, 9.17) is 9.47 Å². The molecule has 2 aliphatic heterocycles. The summed E-state index contributed by atoms with van der Waals surface area (Å²) in [7, 11) is 1.36. The number of rotatable bonds is 4. The van der Waals surface area contributed by atoms with Gasteiger partial charge in [-0.15, -0.1) is 0 Å². The van der Waals surface area contributed by atoms with Crippen LogP contribution in [-0.2, 0) is 16.0 Å². The van der Waals surface area contributed by atoms with Gasteiger partial charge in [-0.2, -0.15) is 5.10 Å². The molecule has 1 aromatic carbocycles. The lowest BCUT2D eigenvalue weighted by Gasteiger charge is -2.40. The van der Waals surface area contributed by atoms with Crippen molar-refractivity contribution >= 4 is 23.6 Å². The Hall–Kier alpha value is -3.11. The number of nitrogens with zero attached hydrogens (tertiary/aromatic N) is 4. The first-order valence-corrected chi connectivity index (χ1v) is 11.3. The monoisotopic (exact) mass is 456 g/mol. The van der Waals surface area contributed by atoms with E-state index in [1.807, 2.05) is 56.0 Å². The van der Waals surface area contributed by atoms with Gasteiger partial charge in [0.15, 0.2) is 0 Å². The Morgan fingerprint density at radius 1 is 1.15 bits per heavy atom. The average molecular weight is 457 g/mol. The fraction of sp³-hybridized carbons (Fsp3) is 0.522. The number of carbonyl (C=O) groups is 2. The number of methoxy groups -OCH3 is 1. The molecule has 3 heterocycles. The first kappa shape index (κ1) is 23.1. The van der Waals surface area contributed by atoms with Crippen LogP contribution in [-0.4, -0.2) is 67.5 Å². The molecule has 1 aromatic heterocycles. The summed E-state index contributed by atoms with van der Waals surface area (Å²) in [5.41, 5.74) is 3.06. The third kappa shape index (κ3) is 4.96. The van der Waals surface area contributed by atoms with Gasteiger partial charge in [0.2, 0.25) is 0 Å². The normalized spacial score (nSPS) is 18.9. The number of amides is 2. The van der Waals surface area contributed by atoms with E-state index in [0.29, 0.717) is 23.8 Å². The highest BCUT2D eigenvalue weighted by Gasteiger charge is 2.36. The van der Waals surface area contributed by atoms with E-state index >= 15 is 0 Å². The van der Waals surface area contributed by atoms with Gasteiger partial charge in [-0.3, -0.25) is 14.5 Å². The smallest absolute Gasteiger partial charge is 0.414 e. The van der Waals surface area contributed by atoms with Crippen molar-refractivity contribution in [3.63, 3.8) is 0 Å². The van der Waals surface area contributed by atoms with Crippen molar-refractivity contribution in [2.75, 3.05) is 43.2 Å². The molecular formula is C23H32N6O4. The molecule has 10 heteroatoms. The Bertz CT molecular complexity index is 1000. The molecule has 10 nitrogen and oxygen atoms in total. The summed E-state index contributed by atoms with van der Waals surface area (Å²) in [6.07, 6.45) is 2.69. The number of ether oxygens (including phenoxy) is 2.